The number of hydrazone groups is 1. The van der Waals surface area contributed by atoms with E-state index >= 15 is 0 Å². The number of aromatic hydroxyl groups is 2. The average Bonchev–Trinajstić information content (AvgIpc) is 2.47. The zero-order chi connectivity index (χ0) is 18.3. The molecule has 0 aliphatic heterocycles. The molecule has 0 saturated heterocycles. The van der Waals surface area contributed by atoms with Gasteiger partial charge in [-0.2, -0.15) is 5.10 Å². The molecule has 9 heteroatoms. The van der Waals surface area contributed by atoms with Crippen molar-refractivity contribution in [3.8, 4) is 11.5 Å². The maximum absolute atomic E-state index is 11.9. The van der Waals surface area contributed by atoms with Crippen LogP contribution in [0.3, 0.4) is 0 Å². The van der Waals surface area contributed by atoms with Gasteiger partial charge in [-0.25, -0.2) is 10.2 Å². The average molecular weight is 339 g/mol. The summed E-state index contributed by atoms with van der Waals surface area (Å²) in [5.41, 5.74) is 1.54. The van der Waals surface area contributed by atoms with E-state index < -0.39 is 30.3 Å². The lowest BCUT2D eigenvalue weighted by molar-refractivity contribution is -0.124. The summed E-state index contributed by atoms with van der Waals surface area (Å²) in [5, 5.41) is 33.9. The van der Waals surface area contributed by atoms with Crippen LogP contribution in [0.2, 0.25) is 0 Å². The molecule has 24 heavy (non-hydrogen) atoms. The summed E-state index contributed by atoms with van der Waals surface area (Å²) in [7, 11) is 0. The van der Waals surface area contributed by atoms with E-state index in [0.29, 0.717) is 0 Å². The summed E-state index contributed by atoms with van der Waals surface area (Å²) < 4.78 is 4.98. The highest BCUT2D eigenvalue weighted by atomic mass is 16.6. The minimum absolute atomic E-state index is 0.177. The Morgan fingerprint density at radius 3 is 2.58 bits per heavy atom. The predicted molar refractivity (Wildman–Crippen MR) is 85.8 cm³/mol. The summed E-state index contributed by atoms with van der Waals surface area (Å²) in [6.07, 6.45) is 0.251. The van der Waals surface area contributed by atoms with Gasteiger partial charge in [0.15, 0.2) is 11.5 Å². The lowest BCUT2D eigenvalue weighted by atomic mass is 10.2. The van der Waals surface area contributed by atoms with Crippen molar-refractivity contribution in [1.29, 1.82) is 0 Å². The number of aliphatic hydroxyl groups is 1. The van der Waals surface area contributed by atoms with E-state index in [2.05, 4.69) is 15.8 Å². The number of rotatable bonds is 5. The van der Waals surface area contributed by atoms with E-state index in [0.717, 1.165) is 6.21 Å². The van der Waals surface area contributed by atoms with Gasteiger partial charge in [0, 0.05) is 5.56 Å². The van der Waals surface area contributed by atoms with Crippen molar-refractivity contribution in [2.75, 3.05) is 6.61 Å². The summed E-state index contributed by atoms with van der Waals surface area (Å²) in [6.45, 7) is 4.32. The molecule has 0 aliphatic rings. The molecule has 1 aromatic carbocycles. The third-order valence-corrected chi connectivity index (χ3v) is 2.61. The molecule has 132 valence electrons. The summed E-state index contributed by atoms with van der Waals surface area (Å²) in [5.74, 6) is -1.49. The Kier molecular flexibility index (Phi) is 6.54. The highest BCUT2D eigenvalue weighted by molar-refractivity contribution is 5.88. The molecule has 1 rings (SSSR count). The monoisotopic (exact) mass is 339 g/mol. The number of nitrogens with one attached hydrogen (secondary N) is 2. The van der Waals surface area contributed by atoms with Gasteiger partial charge in [-0.15, -0.1) is 0 Å². The molecule has 0 aliphatic carbocycles. The van der Waals surface area contributed by atoms with Crippen molar-refractivity contribution in [3.63, 3.8) is 0 Å². The largest absolute Gasteiger partial charge is 0.504 e. The Balaban J connectivity index is 2.63. The standard InChI is InChI=1S/C15H21N3O6/c1-15(2,3)24-14(23)17-10(8-19)13(22)18-16-7-9-5-4-6-11(20)12(9)21/h4-7,10,19-21H,8H2,1-3H3,(H,17,23)(H,18,22)/b16-7+/t10-/m0/s1. The number of ether oxygens (including phenoxy) is 1. The van der Waals surface area contributed by atoms with Crippen LogP contribution < -0.4 is 10.7 Å². The first-order chi connectivity index (χ1) is 11.1. The lowest BCUT2D eigenvalue weighted by Crippen LogP contribution is -2.49. The van der Waals surface area contributed by atoms with Crippen molar-refractivity contribution in [2.24, 2.45) is 5.10 Å². The fourth-order valence-corrected chi connectivity index (χ4v) is 1.54. The van der Waals surface area contributed by atoms with Crippen LogP contribution in [0.25, 0.3) is 0 Å². The number of hydrogen-bond donors (Lipinski definition) is 5. The maximum atomic E-state index is 11.9. The minimum Gasteiger partial charge on any atom is -0.504 e. The second kappa shape index (κ2) is 8.16. The Morgan fingerprint density at radius 2 is 2.00 bits per heavy atom. The first-order valence-corrected chi connectivity index (χ1v) is 7.08. The van der Waals surface area contributed by atoms with Crippen LogP contribution in [0.15, 0.2) is 23.3 Å². The van der Waals surface area contributed by atoms with Gasteiger partial charge < -0.3 is 25.4 Å². The molecule has 5 N–H and O–H groups in total. The molecule has 0 radical (unpaired) electrons. The number of phenols is 2. The molecular formula is C15H21N3O6. The topological polar surface area (TPSA) is 140 Å². The van der Waals surface area contributed by atoms with Crippen LogP contribution in [0, 0.1) is 0 Å². The zero-order valence-electron chi connectivity index (χ0n) is 13.6. The molecule has 0 saturated carbocycles. The van der Waals surface area contributed by atoms with Crippen LogP contribution in [-0.4, -0.2) is 51.8 Å². The summed E-state index contributed by atoms with van der Waals surface area (Å²) >= 11 is 0. The quantitative estimate of drug-likeness (QED) is 0.299. The number of carbonyl (C=O) groups is 2. The fourth-order valence-electron chi connectivity index (χ4n) is 1.54. The van der Waals surface area contributed by atoms with E-state index in [1.165, 1.54) is 18.2 Å². The Hall–Kier alpha value is -2.81. The molecule has 1 atom stereocenters. The molecule has 0 spiro atoms. The van der Waals surface area contributed by atoms with Gasteiger partial charge >= 0.3 is 6.09 Å². The van der Waals surface area contributed by atoms with Crippen molar-refractivity contribution >= 4 is 18.2 Å². The SMILES string of the molecule is CC(C)(C)OC(=O)N[C@@H](CO)C(=O)N/N=C/c1cccc(O)c1O. The predicted octanol–water partition coefficient (Wildman–Crippen LogP) is 0.434. The molecule has 0 unspecified atom stereocenters. The minimum atomic E-state index is -1.25. The first kappa shape index (κ1) is 19.2. The third-order valence-electron chi connectivity index (χ3n) is 2.61. The number of benzene rings is 1. The number of para-hydroxylation sites is 1. The number of phenolic OH excluding ortho intramolecular Hbond substituents is 2. The van der Waals surface area contributed by atoms with Gasteiger partial charge in [0.25, 0.3) is 5.91 Å². The Labute approximate surface area is 139 Å². The van der Waals surface area contributed by atoms with Crippen molar-refractivity contribution in [3.05, 3.63) is 23.8 Å². The van der Waals surface area contributed by atoms with E-state index in [1.54, 1.807) is 20.8 Å². The van der Waals surface area contributed by atoms with Gasteiger partial charge in [-0.05, 0) is 32.9 Å². The second-order valence-corrected chi connectivity index (χ2v) is 5.83. The van der Waals surface area contributed by atoms with Gasteiger partial charge in [-0.1, -0.05) is 6.07 Å². The second-order valence-electron chi connectivity index (χ2n) is 5.83. The normalized spacial score (nSPS) is 12.7. The molecule has 1 aromatic rings. The smallest absolute Gasteiger partial charge is 0.408 e. The van der Waals surface area contributed by atoms with Crippen LogP contribution in [-0.2, 0) is 9.53 Å². The van der Waals surface area contributed by atoms with Crippen LogP contribution in [0.4, 0.5) is 4.79 Å². The molecule has 2 amide bonds. The number of hydrogen-bond acceptors (Lipinski definition) is 7. The molecule has 0 heterocycles. The summed E-state index contributed by atoms with van der Waals surface area (Å²) in [6, 6.07) is 2.99. The van der Waals surface area contributed by atoms with Crippen LogP contribution in [0.5, 0.6) is 11.5 Å². The van der Waals surface area contributed by atoms with E-state index in [1.807, 2.05) is 0 Å². The van der Waals surface area contributed by atoms with Crippen LogP contribution in [0.1, 0.15) is 26.3 Å². The number of alkyl carbamates (subject to hydrolysis) is 1. The fraction of sp³-hybridized carbons (Fsp3) is 0.400. The van der Waals surface area contributed by atoms with Crippen LogP contribution >= 0.6 is 0 Å². The van der Waals surface area contributed by atoms with Gasteiger partial charge in [0.1, 0.15) is 11.6 Å². The molecule has 0 aromatic heterocycles. The Morgan fingerprint density at radius 1 is 1.33 bits per heavy atom. The van der Waals surface area contributed by atoms with Crippen molar-refractivity contribution < 1.29 is 29.6 Å². The van der Waals surface area contributed by atoms with Gasteiger partial charge in [0.05, 0.1) is 12.8 Å². The van der Waals surface area contributed by atoms with E-state index in [9.17, 15) is 24.9 Å². The van der Waals surface area contributed by atoms with E-state index in [4.69, 9.17) is 4.74 Å². The van der Waals surface area contributed by atoms with Gasteiger partial charge in [-0.3, -0.25) is 4.79 Å². The number of nitrogens with zero attached hydrogens (tertiary/aromatic N) is 1. The number of aliphatic hydroxyl groups excluding tert-OH is 1. The molecule has 0 bridgehead atoms. The van der Waals surface area contributed by atoms with E-state index in [-0.39, 0.29) is 17.1 Å². The zero-order valence-corrected chi connectivity index (χ0v) is 13.6. The van der Waals surface area contributed by atoms with Gasteiger partial charge in [0.2, 0.25) is 0 Å². The first-order valence-electron chi connectivity index (χ1n) is 7.08. The lowest BCUT2D eigenvalue weighted by Gasteiger charge is -2.21. The summed E-state index contributed by atoms with van der Waals surface area (Å²) in [4.78, 5) is 23.4. The van der Waals surface area contributed by atoms with Crippen molar-refractivity contribution in [2.45, 2.75) is 32.4 Å². The maximum Gasteiger partial charge on any atom is 0.408 e. The third kappa shape index (κ3) is 6.13. The number of carbonyl (C=O) groups excluding carboxylic acids is 2. The molecule has 0 fully saturated rings. The highest BCUT2D eigenvalue weighted by Gasteiger charge is 2.23. The van der Waals surface area contributed by atoms with Crippen molar-refractivity contribution in [1.82, 2.24) is 10.7 Å². The number of amides is 2. The molecule has 9 nitrogen and oxygen atoms in total. The highest BCUT2D eigenvalue weighted by Crippen LogP contribution is 2.26. The molecular weight excluding hydrogens is 318 g/mol. The Bertz CT molecular complexity index is 624.